The summed E-state index contributed by atoms with van der Waals surface area (Å²) in [5.41, 5.74) is 0. The minimum absolute atomic E-state index is 0.0791. The standard InChI is InChI=1S/C8H11NO4/c10-7-2-1-6(9-7)8(11)13-4-5-3-12-5/h5-6H,1-4H2,(H,9,10)/t5?,6-/m0/s1. The lowest BCUT2D eigenvalue weighted by Crippen LogP contribution is -2.35. The zero-order chi connectivity index (χ0) is 9.26. The first-order valence-electron chi connectivity index (χ1n) is 4.33. The molecule has 13 heavy (non-hydrogen) atoms. The number of rotatable bonds is 3. The molecule has 72 valence electrons. The molecule has 0 aliphatic carbocycles. The van der Waals surface area contributed by atoms with Gasteiger partial charge in [-0.05, 0) is 6.42 Å². The lowest BCUT2D eigenvalue weighted by atomic mass is 10.2. The van der Waals surface area contributed by atoms with Crippen molar-refractivity contribution in [2.45, 2.75) is 25.0 Å². The van der Waals surface area contributed by atoms with E-state index in [0.717, 1.165) is 0 Å². The van der Waals surface area contributed by atoms with Gasteiger partial charge in [0, 0.05) is 6.42 Å². The molecule has 2 heterocycles. The molecule has 2 rings (SSSR count). The monoisotopic (exact) mass is 185 g/mol. The lowest BCUT2D eigenvalue weighted by Gasteiger charge is -2.08. The largest absolute Gasteiger partial charge is 0.461 e. The molecule has 0 bridgehead atoms. The number of nitrogens with one attached hydrogen (secondary N) is 1. The maximum atomic E-state index is 11.2. The molecule has 2 aliphatic rings. The first kappa shape index (κ1) is 8.50. The second-order valence-electron chi connectivity index (χ2n) is 3.24. The molecular formula is C8H11NO4. The van der Waals surface area contributed by atoms with Gasteiger partial charge in [-0.3, -0.25) is 4.79 Å². The van der Waals surface area contributed by atoms with Crippen LogP contribution in [0.1, 0.15) is 12.8 Å². The molecule has 1 unspecified atom stereocenters. The van der Waals surface area contributed by atoms with Gasteiger partial charge in [0.05, 0.1) is 6.61 Å². The highest BCUT2D eigenvalue weighted by molar-refractivity contribution is 5.88. The van der Waals surface area contributed by atoms with Gasteiger partial charge in [0.1, 0.15) is 18.8 Å². The van der Waals surface area contributed by atoms with Crippen LogP contribution in [0, 0.1) is 0 Å². The summed E-state index contributed by atoms with van der Waals surface area (Å²) in [6.07, 6.45) is 1.05. The van der Waals surface area contributed by atoms with Gasteiger partial charge in [0.2, 0.25) is 5.91 Å². The van der Waals surface area contributed by atoms with Gasteiger partial charge in [-0.1, -0.05) is 0 Å². The molecule has 5 heteroatoms. The zero-order valence-corrected chi connectivity index (χ0v) is 7.12. The van der Waals surface area contributed by atoms with Gasteiger partial charge in [-0.15, -0.1) is 0 Å². The van der Waals surface area contributed by atoms with Crippen molar-refractivity contribution in [1.82, 2.24) is 5.32 Å². The molecule has 2 fully saturated rings. The van der Waals surface area contributed by atoms with Crippen LogP contribution >= 0.6 is 0 Å². The molecular weight excluding hydrogens is 174 g/mol. The van der Waals surface area contributed by atoms with E-state index in [1.807, 2.05) is 0 Å². The fourth-order valence-corrected chi connectivity index (χ4v) is 1.23. The fourth-order valence-electron chi connectivity index (χ4n) is 1.23. The Morgan fingerprint density at radius 1 is 1.69 bits per heavy atom. The number of carbonyl (C=O) groups is 2. The predicted molar refractivity (Wildman–Crippen MR) is 41.9 cm³/mol. The zero-order valence-electron chi connectivity index (χ0n) is 7.12. The van der Waals surface area contributed by atoms with E-state index in [1.54, 1.807) is 0 Å². The average molecular weight is 185 g/mol. The van der Waals surface area contributed by atoms with Crippen molar-refractivity contribution in [1.29, 1.82) is 0 Å². The van der Waals surface area contributed by atoms with Crippen molar-refractivity contribution in [3.63, 3.8) is 0 Å². The summed E-state index contributed by atoms with van der Waals surface area (Å²) >= 11 is 0. The Bertz CT molecular complexity index is 236. The average Bonchev–Trinajstić information content (AvgIpc) is 2.84. The molecule has 1 N–H and O–H groups in total. The minimum atomic E-state index is -0.439. The van der Waals surface area contributed by atoms with E-state index in [9.17, 15) is 9.59 Å². The maximum absolute atomic E-state index is 11.2. The van der Waals surface area contributed by atoms with Crippen LogP contribution in [0.25, 0.3) is 0 Å². The Kier molecular flexibility index (Phi) is 2.18. The molecule has 0 aromatic rings. The summed E-state index contributed by atoms with van der Waals surface area (Å²) in [6.45, 7) is 0.982. The molecule has 0 radical (unpaired) electrons. The van der Waals surface area contributed by atoms with Gasteiger partial charge >= 0.3 is 5.97 Å². The van der Waals surface area contributed by atoms with E-state index >= 15 is 0 Å². The topological polar surface area (TPSA) is 67.9 Å². The van der Waals surface area contributed by atoms with Gasteiger partial charge in [-0.25, -0.2) is 4.79 Å². The van der Waals surface area contributed by atoms with Gasteiger partial charge < -0.3 is 14.8 Å². The van der Waals surface area contributed by atoms with E-state index in [-0.39, 0.29) is 18.0 Å². The van der Waals surface area contributed by atoms with Crippen LogP contribution in [-0.2, 0) is 19.1 Å². The Morgan fingerprint density at radius 3 is 3.00 bits per heavy atom. The van der Waals surface area contributed by atoms with E-state index in [2.05, 4.69) is 5.32 Å². The number of esters is 1. The number of amides is 1. The van der Waals surface area contributed by atoms with Crippen LogP contribution in [0.15, 0.2) is 0 Å². The highest BCUT2D eigenvalue weighted by Crippen LogP contribution is 2.12. The maximum Gasteiger partial charge on any atom is 0.328 e. The fraction of sp³-hybridized carbons (Fsp3) is 0.750. The first-order valence-corrected chi connectivity index (χ1v) is 4.33. The summed E-state index contributed by atoms with van der Waals surface area (Å²) in [5.74, 6) is -0.425. The number of epoxide rings is 1. The molecule has 0 aromatic heterocycles. The summed E-state index contributed by atoms with van der Waals surface area (Å²) in [6, 6.07) is -0.439. The van der Waals surface area contributed by atoms with Crippen LogP contribution in [0.2, 0.25) is 0 Å². The van der Waals surface area contributed by atoms with Crippen LogP contribution in [0.3, 0.4) is 0 Å². The van der Waals surface area contributed by atoms with Crippen molar-refractivity contribution < 1.29 is 19.1 Å². The quantitative estimate of drug-likeness (QED) is 0.462. The molecule has 0 saturated carbocycles. The normalized spacial score (nSPS) is 31.2. The van der Waals surface area contributed by atoms with Crippen molar-refractivity contribution in [3.8, 4) is 0 Å². The summed E-state index contributed by atoms with van der Waals surface area (Å²) in [7, 11) is 0. The molecule has 5 nitrogen and oxygen atoms in total. The van der Waals surface area contributed by atoms with E-state index in [1.165, 1.54) is 0 Å². The van der Waals surface area contributed by atoms with Crippen molar-refractivity contribution in [2.75, 3.05) is 13.2 Å². The van der Waals surface area contributed by atoms with E-state index in [0.29, 0.717) is 26.1 Å². The molecule has 1 amide bonds. The Labute approximate surface area is 75.4 Å². The highest BCUT2D eigenvalue weighted by atomic mass is 16.6. The van der Waals surface area contributed by atoms with Crippen LogP contribution in [0.5, 0.6) is 0 Å². The third kappa shape index (κ3) is 2.18. The second kappa shape index (κ2) is 3.33. The molecule has 0 aromatic carbocycles. The molecule has 2 aliphatic heterocycles. The van der Waals surface area contributed by atoms with E-state index < -0.39 is 6.04 Å². The van der Waals surface area contributed by atoms with Gasteiger partial charge in [-0.2, -0.15) is 0 Å². The number of hydrogen-bond donors (Lipinski definition) is 1. The van der Waals surface area contributed by atoms with Crippen LogP contribution < -0.4 is 5.32 Å². The van der Waals surface area contributed by atoms with Gasteiger partial charge in [0.25, 0.3) is 0 Å². The van der Waals surface area contributed by atoms with E-state index in [4.69, 9.17) is 9.47 Å². The Hall–Kier alpha value is -1.10. The third-order valence-electron chi connectivity index (χ3n) is 2.09. The third-order valence-corrected chi connectivity index (χ3v) is 2.09. The van der Waals surface area contributed by atoms with Crippen LogP contribution in [-0.4, -0.2) is 37.2 Å². The summed E-state index contributed by atoms with van der Waals surface area (Å²) in [4.78, 5) is 22.0. The van der Waals surface area contributed by atoms with Crippen molar-refractivity contribution in [3.05, 3.63) is 0 Å². The molecule has 0 spiro atoms. The Balaban J connectivity index is 1.72. The number of hydrogen-bond acceptors (Lipinski definition) is 4. The van der Waals surface area contributed by atoms with Crippen molar-refractivity contribution >= 4 is 11.9 Å². The van der Waals surface area contributed by atoms with Crippen molar-refractivity contribution in [2.24, 2.45) is 0 Å². The Morgan fingerprint density at radius 2 is 2.46 bits per heavy atom. The van der Waals surface area contributed by atoms with Crippen LogP contribution in [0.4, 0.5) is 0 Å². The summed E-state index contributed by atoms with van der Waals surface area (Å²) in [5, 5.41) is 2.54. The number of carbonyl (C=O) groups excluding carboxylic acids is 2. The molecule has 2 saturated heterocycles. The summed E-state index contributed by atoms with van der Waals surface area (Å²) < 4.78 is 9.80. The van der Waals surface area contributed by atoms with Gasteiger partial charge in [0.15, 0.2) is 0 Å². The lowest BCUT2D eigenvalue weighted by molar-refractivity contribution is -0.146. The smallest absolute Gasteiger partial charge is 0.328 e. The minimum Gasteiger partial charge on any atom is -0.461 e. The molecule has 2 atom stereocenters. The SMILES string of the molecule is O=C1CC[C@@H](C(=O)OCC2CO2)N1. The predicted octanol–water partition coefficient (Wildman–Crippen LogP) is -0.793. The number of ether oxygens (including phenoxy) is 2. The second-order valence-corrected chi connectivity index (χ2v) is 3.24. The first-order chi connectivity index (χ1) is 6.25. The highest BCUT2D eigenvalue weighted by Gasteiger charge is 2.30.